The van der Waals surface area contributed by atoms with Crippen molar-refractivity contribution in [2.24, 2.45) is 0 Å². The molecule has 0 saturated heterocycles. The Hall–Kier alpha value is -8.41. The third-order valence-corrected chi connectivity index (χ3v) is 12.3. The molecule has 3 heterocycles. The molecule has 0 fully saturated rings. The van der Waals surface area contributed by atoms with Gasteiger partial charge in [0.1, 0.15) is 22.3 Å². The highest BCUT2D eigenvalue weighted by atomic mass is 16.3. The van der Waals surface area contributed by atoms with E-state index in [-0.39, 0.29) is 0 Å². The Bertz CT molecular complexity index is 3710. The molecule has 0 N–H and O–H groups in total. The second-order valence-corrected chi connectivity index (χ2v) is 15.9. The van der Waals surface area contributed by atoms with Gasteiger partial charge in [0.15, 0.2) is 17.5 Å². The van der Waals surface area contributed by atoms with E-state index >= 15 is 0 Å². The maximum Gasteiger partial charge on any atom is 0.164 e. The number of hydrogen-bond acceptors (Lipinski definition) is 5. The number of fused-ring (bicyclic) bond motifs is 11. The highest BCUT2D eigenvalue weighted by Gasteiger charge is 2.24. The lowest BCUT2D eigenvalue weighted by atomic mass is 9.97. The SMILES string of the molecule is c1ccc(-c2ccc3c(c2)oc2c4ccccc4cc(-c4nc(-c5ccc6ccccc6c5)nc(-c5cc6ccccc6c6oc7cc(-c8ccccc8)ccc7c56)n4)c32)cc1. The highest BCUT2D eigenvalue weighted by Crippen LogP contribution is 2.45. The second kappa shape index (κ2) is 13.6. The van der Waals surface area contributed by atoms with Crippen molar-refractivity contribution in [1.29, 1.82) is 0 Å². The maximum absolute atomic E-state index is 6.87. The van der Waals surface area contributed by atoms with Gasteiger partial charge in [-0.15, -0.1) is 0 Å². The van der Waals surface area contributed by atoms with Crippen molar-refractivity contribution in [2.75, 3.05) is 0 Å². The third-order valence-electron chi connectivity index (χ3n) is 12.3. The van der Waals surface area contributed by atoms with E-state index in [1.165, 1.54) is 0 Å². The number of furan rings is 2. The summed E-state index contributed by atoms with van der Waals surface area (Å²) in [6.07, 6.45) is 0. The standard InChI is InChI=1S/C57H33N3O2/c1-3-13-34(14-4-1)38-25-27-45-49(32-38)61-53-43-21-11-9-19-40(43)30-47(51(45)53)56-58-55(42-24-23-36-17-7-8-18-37(36)29-42)59-57(60-56)48-31-41-20-10-12-22-44(41)54-52(48)46-28-26-39(33-50(46)62-54)35-15-5-2-6-16-35/h1-33H. The largest absolute Gasteiger partial charge is 0.455 e. The molecule has 13 aromatic rings. The number of hydrogen-bond donors (Lipinski definition) is 0. The van der Waals surface area contributed by atoms with Gasteiger partial charge in [-0.1, -0.05) is 158 Å². The van der Waals surface area contributed by atoms with E-state index in [0.717, 1.165) is 115 Å². The van der Waals surface area contributed by atoms with Crippen molar-refractivity contribution >= 4 is 76.2 Å². The van der Waals surface area contributed by atoms with Crippen LogP contribution in [0.25, 0.3) is 133 Å². The molecule has 0 aliphatic rings. The van der Waals surface area contributed by atoms with Crippen LogP contribution in [-0.4, -0.2) is 15.0 Å². The molecule has 0 unspecified atom stereocenters. The van der Waals surface area contributed by atoms with Crippen molar-refractivity contribution in [1.82, 2.24) is 15.0 Å². The summed E-state index contributed by atoms with van der Waals surface area (Å²) < 4.78 is 13.7. The van der Waals surface area contributed by atoms with Crippen LogP contribution in [0.1, 0.15) is 0 Å². The predicted octanol–water partition coefficient (Wildman–Crippen LogP) is 15.5. The van der Waals surface area contributed by atoms with Crippen molar-refractivity contribution in [2.45, 2.75) is 0 Å². The zero-order valence-electron chi connectivity index (χ0n) is 33.2. The lowest BCUT2D eigenvalue weighted by Crippen LogP contribution is -2.01. The first-order valence-corrected chi connectivity index (χ1v) is 20.8. The minimum absolute atomic E-state index is 0.559. The molecule has 0 aliphatic carbocycles. The van der Waals surface area contributed by atoms with E-state index in [4.69, 9.17) is 23.8 Å². The van der Waals surface area contributed by atoms with E-state index in [1.54, 1.807) is 0 Å². The van der Waals surface area contributed by atoms with Gasteiger partial charge in [0.05, 0.1) is 0 Å². The van der Waals surface area contributed by atoms with Crippen LogP contribution in [0.15, 0.2) is 209 Å². The summed E-state index contributed by atoms with van der Waals surface area (Å²) >= 11 is 0. The fourth-order valence-corrected chi connectivity index (χ4v) is 9.27. The average molecular weight is 792 g/mol. The average Bonchev–Trinajstić information content (AvgIpc) is 3.93. The van der Waals surface area contributed by atoms with E-state index in [1.807, 2.05) is 12.1 Å². The quantitative estimate of drug-likeness (QED) is 0.174. The molecule has 0 aliphatic heterocycles. The number of nitrogens with zero attached hydrogens (tertiary/aromatic N) is 3. The zero-order chi connectivity index (χ0) is 40.7. The lowest BCUT2D eigenvalue weighted by Gasteiger charge is -2.12. The van der Waals surface area contributed by atoms with Gasteiger partial charge in [-0.05, 0) is 86.3 Å². The Morgan fingerprint density at radius 3 is 1.24 bits per heavy atom. The van der Waals surface area contributed by atoms with Crippen molar-refractivity contribution in [3.05, 3.63) is 200 Å². The van der Waals surface area contributed by atoms with Crippen LogP contribution in [0.4, 0.5) is 0 Å². The van der Waals surface area contributed by atoms with Crippen LogP contribution in [0, 0.1) is 0 Å². The van der Waals surface area contributed by atoms with Gasteiger partial charge in [0.25, 0.3) is 0 Å². The highest BCUT2D eigenvalue weighted by molar-refractivity contribution is 6.22. The minimum Gasteiger partial charge on any atom is -0.455 e. The summed E-state index contributed by atoms with van der Waals surface area (Å²) in [5.41, 5.74) is 10.3. The van der Waals surface area contributed by atoms with Crippen LogP contribution >= 0.6 is 0 Å². The lowest BCUT2D eigenvalue weighted by molar-refractivity contribution is 0.672. The first kappa shape index (κ1) is 34.5. The normalized spacial score (nSPS) is 11.9. The first-order valence-electron chi connectivity index (χ1n) is 20.8. The molecular weight excluding hydrogens is 759 g/mol. The molecule has 0 spiro atoms. The van der Waals surface area contributed by atoms with E-state index in [0.29, 0.717) is 17.5 Å². The molecule has 0 saturated carbocycles. The fraction of sp³-hybridized carbons (Fsp3) is 0. The summed E-state index contributed by atoms with van der Waals surface area (Å²) in [7, 11) is 0. The molecule has 0 radical (unpaired) electrons. The van der Waals surface area contributed by atoms with Crippen molar-refractivity contribution in [3.63, 3.8) is 0 Å². The van der Waals surface area contributed by atoms with E-state index < -0.39 is 0 Å². The van der Waals surface area contributed by atoms with E-state index in [2.05, 4.69) is 188 Å². The summed E-state index contributed by atoms with van der Waals surface area (Å²) in [6.45, 7) is 0. The van der Waals surface area contributed by atoms with Gasteiger partial charge in [0, 0.05) is 49.0 Å². The van der Waals surface area contributed by atoms with Crippen molar-refractivity contribution < 1.29 is 8.83 Å². The fourth-order valence-electron chi connectivity index (χ4n) is 9.27. The predicted molar refractivity (Wildman–Crippen MR) is 254 cm³/mol. The zero-order valence-corrected chi connectivity index (χ0v) is 33.2. The monoisotopic (exact) mass is 791 g/mol. The first-order chi connectivity index (χ1) is 30.7. The summed E-state index contributed by atoms with van der Waals surface area (Å²) in [6, 6.07) is 69.7. The topological polar surface area (TPSA) is 65.0 Å². The molecule has 13 rings (SSSR count). The van der Waals surface area contributed by atoms with Crippen LogP contribution in [0.5, 0.6) is 0 Å². The summed E-state index contributed by atoms with van der Waals surface area (Å²) in [5, 5.41) is 10.3. The van der Waals surface area contributed by atoms with Crippen LogP contribution in [-0.2, 0) is 0 Å². The number of aromatic nitrogens is 3. The van der Waals surface area contributed by atoms with E-state index in [9.17, 15) is 0 Å². The smallest absolute Gasteiger partial charge is 0.164 e. The van der Waals surface area contributed by atoms with Crippen LogP contribution in [0.2, 0.25) is 0 Å². The second-order valence-electron chi connectivity index (χ2n) is 15.9. The van der Waals surface area contributed by atoms with Crippen molar-refractivity contribution in [3.8, 4) is 56.4 Å². The molecule has 10 aromatic carbocycles. The molecule has 288 valence electrons. The van der Waals surface area contributed by atoms with Gasteiger partial charge in [-0.3, -0.25) is 0 Å². The Labute approximate surface area is 355 Å². The molecule has 3 aromatic heterocycles. The Balaban J connectivity index is 1.11. The molecular formula is C57H33N3O2. The maximum atomic E-state index is 6.87. The van der Waals surface area contributed by atoms with Crippen LogP contribution in [0.3, 0.4) is 0 Å². The third kappa shape index (κ3) is 5.45. The Morgan fingerprint density at radius 1 is 0.274 bits per heavy atom. The number of rotatable bonds is 5. The number of benzene rings is 10. The van der Waals surface area contributed by atoms with Gasteiger partial charge in [-0.25, -0.2) is 15.0 Å². The summed E-state index contributed by atoms with van der Waals surface area (Å²) in [5.74, 6) is 1.70. The van der Waals surface area contributed by atoms with Gasteiger partial charge in [0.2, 0.25) is 0 Å². The van der Waals surface area contributed by atoms with Gasteiger partial charge < -0.3 is 8.83 Å². The molecule has 0 atom stereocenters. The molecule has 5 heteroatoms. The summed E-state index contributed by atoms with van der Waals surface area (Å²) in [4.78, 5) is 16.2. The molecule has 0 bridgehead atoms. The molecule has 0 amide bonds. The van der Waals surface area contributed by atoms with Crippen LogP contribution < -0.4 is 0 Å². The van der Waals surface area contributed by atoms with Gasteiger partial charge in [-0.2, -0.15) is 0 Å². The minimum atomic E-state index is 0.559. The Kier molecular flexibility index (Phi) is 7.54. The molecule has 5 nitrogen and oxygen atoms in total. The molecule has 62 heavy (non-hydrogen) atoms. The Morgan fingerprint density at radius 2 is 0.710 bits per heavy atom. The van der Waals surface area contributed by atoms with Gasteiger partial charge >= 0.3 is 0 Å².